The van der Waals surface area contributed by atoms with E-state index in [1.165, 1.54) is 67.0 Å². The maximum absolute atomic E-state index is 12.2. The van der Waals surface area contributed by atoms with Crippen LogP contribution >= 0.6 is 0 Å². The van der Waals surface area contributed by atoms with Crippen LogP contribution < -0.4 is 0 Å². The second kappa shape index (κ2) is 7.34. The van der Waals surface area contributed by atoms with Gasteiger partial charge in [0.05, 0.1) is 24.5 Å². The number of methoxy groups -OCH3 is 1. The van der Waals surface area contributed by atoms with Gasteiger partial charge in [-0.2, -0.15) is 0 Å². The zero-order valence-corrected chi connectivity index (χ0v) is 16.9. The van der Waals surface area contributed by atoms with E-state index in [1.54, 1.807) is 0 Å². The first-order chi connectivity index (χ1) is 14.2. The van der Waals surface area contributed by atoms with Crippen LogP contribution in [0.25, 0.3) is 22.2 Å². The largest absolute Gasteiger partial charge is 0.465 e. The van der Waals surface area contributed by atoms with E-state index in [1.807, 2.05) is 12.1 Å². The first-order valence-corrected chi connectivity index (χ1v) is 10.7. The molecular weight excluding hydrogens is 362 g/mol. The minimum absolute atomic E-state index is 0.323. The molecule has 0 spiro atoms. The number of rotatable bonds is 2. The molecule has 1 N–H and O–H groups in total. The fourth-order valence-electron chi connectivity index (χ4n) is 5.36. The van der Waals surface area contributed by atoms with E-state index in [-0.39, 0.29) is 5.97 Å². The van der Waals surface area contributed by atoms with Crippen molar-refractivity contribution in [1.82, 2.24) is 4.57 Å². The van der Waals surface area contributed by atoms with Crippen molar-refractivity contribution in [2.45, 2.75) is 57.1 Å². The number of aliphatic hydroxyl groups excluding tert-OH is 1. The summed E-state index contributed by atoms with van der Waals surface area (Å²) < 4.78 is 7.21. The van der Waals surface area contributed by atoms with E-state index >= 15 is 0 Å². The van der Waals surface area contributed by atoms with Gasteiger partial charge in [0.2, 0.25) is 0 Å². The summed E-state index contributed by atoms with van der Waals surface area (Å²) in [6.45, 7) is 0.540. The van der Waals surface area contributed by atoms with Crippen molar-refractivity contribution in [1.29, 1.82) is 0 Å². The summed E-state index contributed by atoms with van der Waals surface area (Å²) in [6, 6.07) is 14.4. The molecule has 5 rings (SSSR count). The Bertz CT molecular complexity index is 1080. The number of ether oxygens (including phenoxy) is 1. The summed E-state index contributed by atoms with van der Waals surface area (Å²) in [4.78, 5) is 12.2. The lowest BCUT2D eigenvalue weighted by Gasteiger charge is -2.23. The summed E-state index contributed by atoms with van der Waals surface area (Å²) in [7, 11) is 1.42. The van der Waals surface area contributed by atoms with Crippen molar-refractivity contribution in [2.75, 3.05) is 7.11 Å². The van der Waals surface area contributed by atoms with Gasteiger partial charge in [-0.25, -0.2) is 4.79 Å². The molecule has 2 aliphatic rings. The third-order valence-electron chi connectivity index (χ3n) is 6.66. The van der Waals surface area contributed by atoms with Gasteiger partial charge in [0.15, 0.2) is 0 Å². The van der Waals surface area contributed by atoms with Crippen LogP contribution in [-0.4, -0.2) is 28.9 Å². The van der Waals surface area contributed by atoms with Crippen molar-refractivity contribution in [3.8, 4) is 11.3 Å². The molecule has 1 fully saturated rings. The third kappa shape index (κ3) is 3.06. The van der Waals surface area contributed by atoms with Crippen LogP contribution in [0.3, 0.4) is 0 Å². The molecule has 1 saturated carbocycles. The van der Waals surface area contributed by atoms with Crippen LogP contribution in [0.4, 0.5) is 0 Å². The molecule has 0 bridgehead atoms. The molecule has 1 atom stereocenters. The van der Waals surface area contributed by atoms with Gasteiger partial charge in [-0.15, -0.1) is 0 Å². The Hall–Kier alpha value is -2.59. The van der Waals surface area contributed by atoms with Crippen molar-refractivity contribution < 1.29 is 14.6 Å². The van der Waals surface area contributed by atoms with Gasteiger partial charge in [0, 0.05) is 29.4 Å². The number of carbonyl (C=O) groups excluding carboxylic acids is 1. The van der Waals surface area contributed by atoms with Crippen molar-refractivity contribution in [3.63, 3.8) is 0 Å². The molecule has 29 heavy (non-hydrogen) atoms. The van der Waals surface area contributed by atoms with Crippen LogP contribution in [0.1, 0.15) is 59.5 Å². The Morgan fingerprint density at radius 2 is 1.90 bits per heavy atom. The standard InChI is InChI=1S/C25H27NO3/c1-29-25(28)18-11-12-21-22(14-18)26-15-19(27)13-17-9-5-6-10-20(17)24(26)23(21)16-7-3-2-4-8-16/h5-6,9-12,14,16,19,27H,2-4,7-8,13,15H2,1H3. The molecule has 1 unspecified atom stereocenters. The van der Waals surface area contributed by atoms with Gasteiger partial charge in [-0.1, -0.05) is 49.6 Å². The molecule has 1 aromatic heterocycles. The summed E-state index contributed by atoms with van der Waals surface area (Å²) in [5, 5.41) is 12.0. The molecule has 4 heteroatoms. The highest BCUT2D eigenvalue weighted by Crippen LogP contribution is 2.46. The predicted molar refractivity (Wildman–Crippen MR) is 114 cm³/mol. The molecule has 0 saturated heterocycles. The molecule has 0 amide bonds. The summed E-state index contributed by atoms with van der Waals surface area (Å²) in [5.74, 6) is 0.200. The molecule has 2 heterocycles. The van der Waals surface area contributed by atoms with E-state index in [9.17, 15) is 9.90 Å². The third-order valence-corrected chi connectivity index (χ3v) is 6.66. The molecule has 0 radical (unpaired) electrons. The van der Waals surface area contributed by atoms with Crippen molar-refractivity contribution in [3.05, 3.63) is 59.2 Å². The number of aromatic nitrogens is 1. The van der Waals surface area contributed by atoms with Gasteiger partial charge in [-0.3, -0.25) is 0 Å². The minimum atomic E-state index is -0.450. The first-order valence-electron chi connectivity index (χ1n) is 10.7. The smallest absolute Gasteiger partial charge is 0.337 e. The van der Waals surface area contributed by atoms with E-state index in [2.05, 4.69) is 34.9 Å². The lowest BCUT2D eigenvalue weighted by atomic mass is 9.81. The van der Waals surface area contributed by atoms with E-state index in [0.717, 1.165) is 5.52 Å². The Morgan fingerprint density at radius 3 is 2.69 bits per heavy atom. The Kier molecular flexibility index (Phi) is 4.67. The minimum Gasteiger partial charge on any atom is -0.465 e. The molecular formula is C25H27NO3. The highest BCUT2D eigenvalue weighted by molar-refractivity contribution is 5.99. The number of carbonyl (C=O) groups is 1. The summed E-state index contributed by atoms with van der Waals surface area (Å²) in [6.07, 6.45) is 6.45. The zero-order valence-electron chi connectivity index (χ0n) is 16.9. The average Bonchev–Trinajstić information content (AvgIpc) is 2.98. The summed E-state index contributed by atoms with van der Waals surface area (Å²) >= 11 is 0. The lowest BCUT2D eigenvalue weighted by molar-refractivity contribution is 0.0601. The van der Waals surface area contributed by atoms with Gasteiger partial charge < -0.3 is 14.4 Å². The molecule has 1 aliphatic carbocycles. The monoisotopic (exact) mass is 389 g/mol. The Morgan fingerprint density at radius 1 is 1.10 bits per heavy atom. The van der Waals surface area contributed by atoms with E-state index in [0.29, 0.717) is 24.4 Å². The van der Waals surface area contributed by atoms with Crippen LogP contribution in [0.15, 0.2) is 42.5 Å². The maximum atomic E-state index is 12.2. The van der Waals surface area contributed by atoms with Gasteiger partial charge in [0.1, 0.15) is 0 Å². The van der Waals surface area contributed by atoms with Gasteiger partial charge in [-0.05, 0) is 42.0 Å². The van der Waals surface area contributed by atoms with E-state index in [4.69, 9.17) is 4.74 Å². The Labute approximate surface area is 171 Å². The average molecular weight is 389 g/mol. The van der Waals surface area contributed by atoms with Crippen molar-refractivity contribution >= 4 is 16.9 Å². The predicted octanol–water partition coefficient (Wildman–Crippen LogP) is 5.06. The quantitative estimate of drug-likeness (QED) is 0.623. The lowest BCUT2D eigenvalue weighted by Crippen LogP contribution is -2.16. The van der Waals surface area contributed by atoms with Crippen LogP contribution in [0, 0.1) is 0 Å². The number of esters is 1. The Balaban J connectivity index is 1.83. The molecule has 3 aromatic rings. The maximum Gasteiger partial charge on any atom is 0.337 e. The second-order valence-electron chi connectivity index (χ2n) is 8.45. The number of hydrogen-bond donors (Lipinski definition) is 1. The second-order valence-corrected chi connectivity index (χ2v) is 8.45. The SMILES string of the molecule is COC(=O)c1ccc2c(C3CCCCC3)c3n(c2c1)CC(O)Cc1ccccc1-3. The number of fused-ring (bicyclic) bond motifs is 5. The number of nitrogens with zero attached hydrogens (tertiary/aromatic N) is 1. The van der Waals surface area contributed by atoms with Crippen LogP contribution in [-0.2, 0) is 17.7 Å². The molecule has 4 nitrogen and oxygen atoms in total. The van der Waals surface area contributed by atoms with Crippen LogP contribution in [0.5, 0.6) is 0 Å². The molecule has 150 valence electrons. The number of hydrogen-bond acceptors (Lipinski definition) is 3. The fourth-order valence-corrected chi connectivity index (χ4v) is 5.36. The van der Waals surface area contributed by atoms with E-state index < -0.39 is 6.10 Å². The normalized spacial score (nSPS) is 19.4. The van der Waals surface area contributed by atoms with Gasteiger partial charge in [0.25, 0.3) is 0 Å². The highest BCUT2D eigenvalue weighted by atomic mass is 16.5. The summed E-state index contributed by atoms with van der Waals surface area (Å²) in [5.41, 5.74) is 6.65. The zero-order chi connectivity index (χ0) is 20.0. The molecule has 1 aliphatic heterocycles. The van der Waals surface area contributed by atoms with Crippen molar-refractivity contribution in [2.24, 2.45) is 0 Å². The number of aliphatic hydroxyl groups is 1. The topological polar surface area (TPSA) is 51.5 Å². The fraction of sp³-hybridized carbons (Fsp3) is 0.400. The first kappa shape index (κ1) is 18.4. The highest BCUT2D eigenvalue weighted by Gasteiger charge is 2.30. The van der Waals surface area contributed by atoms with Gasteiger partial charge >= 0.3 is 5.97 Å². The van der Waals surface area contributed by atoms with Crippen LogP contribution in [0.2, 0.25) is 0 Å². The molecule has 2 aromatic carbocycles. The number of benzene rings is 2.